The molecule has 0 saturated heterocycles. The molecule has 1 aromatic carbocycles. The van der Waals surface area contributed by atoms with Crippen LogP contribution in [0.4, 0.5) is 5.95 Å². The predicted octanol–water partition coefficient (Wildman–Crippen LogP) is 2.53. The number of nitrogens with two attached hydrogens (primary N) is 1. The van der Waals surface area contributed by atoms with Gasteiger partial charge >= 0.3 is 0 Å². The standard InChI is InChI=1S/C12H10ClN5O/c1-6-9-11(17-12(15-6)18-14)19-10(16-9)7-3-2-4-8(13)5-7/h2-5H,14H2,1H3,(H,15,17,18). The van der Waals surface area contributed by atoms with E-state index >= 15 is 0 Å². The van der Waals surface area contributed by atoms with Crippen LogP contribution in [0.1, 0.15) is 5.69 Å². The number of benzene rings is 1. The number of aromatic nitrogens is 3. The van der Waals surface area contributed by atoms with Gasteiger partial charge in [0, 0.05) is 10.6 Å². The summed E-state index contributed by atoms with van der Waals surface area (Å²) in [6.07, 6.45) is 0. The second-order valence-corrected chi connectivity index (χ2v) is 4.40. The van der Waals surface area contributed by atoms with E-state index in [1.54, 1.807) is 12.1 Å². The molecule has 0 saturated carbocycles. The van der Waals surface area contributed by atoms with E-state index in [-0.39, 0.29) is 0 Å². The van der Waals surface area contributed by atoms with Crippen LogP contribution in [0, 0.1) is 6.92 Å². The number of nitrogen functional groups attached to an aromatic ring is 1. The third-order valence-corrected chi connectivity index (χ3v) is 2.87. The molecule has 0 radical (unpaired) electrons. The van der Waals surface area contributed by atoms with Gasteiger partial charge in [-0.2, -0.15) is 4.98 Å². The van der Waals surface area contributed by atoms with Gasteiger partial charge in [-0.1, -0.05) is 17.7 Å². The minimum absolute atomic E-state index is 0.291. The van der Waals surface area contributed by atoms with Crippen molar-refractivity contribution in [2.75, 3.05) is 5.43 Å². The number of oxazole rings is 1. The van der Waals surface area contributed by atoms with Crippen molar-refractivity contribution in [2.24, 2.45) is 5.84 Å². The van der Waals surface area contributed by atoms with Crippen molar-refractivity contribution in [3.8, 4) is 11.5 Å². The first-order valence-corrected chi connectivity index (χ1v) is 5.93. The van der Waals surface area contributed by atoms with E-state index in [0.717, 1.165) is 5.56 Å². The minimum atomic E-state index is 0.291. The summed E-state index contributed by atoms with van der Waals surface area (Å²) in [6, 6.07) is 7.26. The average Bonchev–Trinajstić information content (AvgIpc) is 2.83. The number of hydrogen-bond acceptors (Lipinski definition) is 6. The van der Waals surface area contributed by atoms with Crippen molar-refractivity contribution >= 4 is 28.8 Å². The van der Waals surface area contributed by atoms with Crippen LogP contribution in [0.15, 0.2) is 28.7 Å². The number of anilines is 1. The highest BCUT2D eigenvalue weighted by Crippen LogP contribution is 2.26. The number of fused-ring (bicyclic) bond motifs is 1. The Morgan fingerprint density at radius 3 is 2.84 bits per heavy atom. The number of aryl methyl sites for hydroxylation is 1. The van der Waals surface area contributed by atoms with Crippen LogP contribution in [-0.4, -0.2) is 15.0 Å². The maximum Gasteiger partial charge on any atom is 0.252 e. The third kappa shape index (κ3) is 2.11. The molecule has 3 rings (SSSR count). The highest BCUT2D eigenvalue weighted by molar-refractivity contribution is 6.30. The zero-order valence-corrected chi connectivity index (χ0v) is 10.8. The summed E-state index contributed by atoms with van der Waals surface area (Å²) >= 11 is 5.95. The van der Waals surface area contributed by atoms with E-state index in [1.807, 2.05) is 19.1 Å². The Hall–Kier alpha value is -2.18. The van der Waals surface area contributed by atoms with Gasteiger partial charge in [0.2, 0.25) is 11.8 Å². The summed E-state index contributed by atoms with van der Waals surface area (Å²) in [5.74, 6) is 6.03. The zero-order chi connectivity index (χ0) is 13.4. The summed E-state index contributed by atoms with van der Waals surface area (Å²) in [4.78, 5) is 12.6. The first-order chi connectivity index (χ1) is 9.17. The summed E-state index contributed by atoms with van der Waals surface area (Å²) in [5, 5.41) is 0.617. The molecule has 96 valence electrons. The number of hydrazine groups is 1. The highest BCUT2D eigenvalue weighted by atomic mass is 35.5. The van der Waals surface area contributed by atoms with Gasteiger partial charge in [0.05, 0.1) is 5.69 Å². The predicted molar refractivity (Wildman–Crippen MR) is 72.6 cm³/mol. The number of hydrogen-bond donors (Lipinski definition) is 2. The largest absolute Gasteiger partial charge is 0.417 e. The molecule has 0 spiro atoms. The van der Waals surface area contributed by atoms with Crippen LogP contribution in [0.5, 0.6) is 0 Å². The van der Waals surface area contributed by atoms with Crippen molar-refractivity contribution in [2.45, 2.75) is 6.92 Å². The van der Waals surface area contributed by atoms with Gasteiger partial charge in [0.15, 0.2) is 5.52 Å². The number of halogens is 1. The van der Waals surface area contributed by atoms with E-state index in [4.69, 9.17) is 21.9 Å². The van der Waals surface area contributed by atoms with Crippen molar-refractivity contribution in [3.05, 3.63) is 35.0 Å². The second kappa shape index (κ2) is 4.49. The number of nitrogens with one attached hydrogen (secondary N) is 1. The molecule has 0 aliphatic carbocycles. The van der Waals surface area contributed by atoms with E-state index < -0.39 is 0 Å². The van der Waals surface area contributed by atoms with E-state index in [9.17, 15) is 0 Å². The maximum atomic E-state index is 5.95. The molecule has 19 heavy (non-hydrogen) atoms. The van der Waals surface area contributed by atoms with Crippen molar-refractivity contribution in [1.82, 2.24) is 15.0 Å². The van der Waals surface area contributed by atoms with E-state index in [2.05, 4.69) is 20.4 Å². The molecule has 0 aliphatic rings. The molecule has 0 bridgehead atoms. The first kappa shape index (κ1) is 11.9. The SMILES string of the molecule is Cc1nc(NN)nc2oc(-c3cccc(Cl)c3)nc12. The van der Waals surface area contributed by atoms with Crippen molar-refractivity contribution < 1.29 is 4.42 Å². The van der Waals surface area contributed by atoms with Crippen LogP contribution in [-0.2, 0) is 0 Å². The molecule has 3 N–H and O–H groups in total. The summed E-state index contributed by atoms with van der Waals surface area (Å²) in [5.41, 5.74) is 4.85. The van der Waals surface area contributed by atoms with Crippen molar-refractivity contribution in [1.29, 1.82) is 0 Å². The van der Waals surface area contributed by atoms with E-state index in [1.165, 1.54) is 0 Å². The molecule has 0 atom stereocenters. The van der Waals surface area contributed by atoms with Gasteiger partial charge < -0.3 is 4.42 Å². The first-order valence-electron chi connectivity index (χ1n) is 5.55. The fourth-order valence-electron chi connectivity index (χ4n) is 1.77. The Labute approximate surface area is 113 Å². The van der Waals surface area contributed by atoms with Gasteiger partial charge in [-0.05, 0) is 25.1 Å². The molecule has 0 aliphatic heterocycles. The number of rotatable bonds is 2. The summed E-state index contributed by atoms with van der Waals surface area (Å²) in [6.45, 7) is 1.81. The van der Waals surface area contributed by atoms with Crippen LogP contribution in [0.2, 0.25) is 5.02 Å². The quantitative estimate of drug-likeness (QED) is 0.552. The van der Waals surface area contributed by atoms with Crippen molar-refractivity contribution in [3.63, 3.8) is 0 Å². The van der Waals surface area contributed by atoms with Crippen LogP contribution in [0.25, 0.3) is 22.7 Å². The van der Waals surface area contributed by atoms with Crippen LogP contribution < -0.4 is 11.3 Å². The highest BCUT2D eigenvalue weighted by Gasteiger charge is 2.13. The molecule has 3 aromatic rings. The fraction of sp³-hybridized carbons (Fsp3) is 0.0833. The van der Waals surface area contributed by atoms with Crippen LogP contribution in [0.3, 0.4) is 0 Å². The molecule has 7 heteroatoms. The summed E-state index contributed by atoms with van der Waals surface area (Å²) in [7, 11) is 0. The zero-order valence-electron chi connectivity index (χ0n) is 10.0. The molecule has 0 amide bonds. The lowest BCUT2D eigenvalue weighted by atomic mass is 10.2. The number of nitrogens with zero attached hydrogens (tertiary/aromatic N) is 3. The van der Waals surface area contributed by atoms with Gasteiger partial charge in [0.25, 0.3) is 5.71 Å². The summed E-state index contributed by atoms with van der Waals surface area (Å²) < 4.78 is 5.62. The lowest BCUT2D eigenvalue weighted by Gasteiger charge is -1.97. The lowest BCUT2D eigenvalue weighted by molar-refractivity contribution is 0.607. The van der Waals surface area contributed by atoms with Gasteiger partial charge in [-0.3, -0.25) is 5.43 Å². The fourth-order valence-corrected chi connectivity index (χ4v) is 1.96. The Bertz CT molecular complexity index is 755. The van der Waals surface area contributed by atoms with Gasteiger partial charge in [-0.15, -0.1) is 0 Å². The monoisotopic (exact) mass is 275 g/mol. The maximum absolute atomic E-state index is 5.95. The van der Waals surface area contributed by atoms with Gasteiger partial charge in [0.1, 0.15) is 0 Å². The average molecular weight is 276 g/mol. The Morgan fingerprint density at radius 1 is 1.26 bits per heavy atom. The lowest BCUT2D eigenvalue weighted by Crippen LogP contribution is -2.10. The Morgan fingerprint density at radius 2 is 2.11 bits per heavy atom. The second-order valence-electron chi connectivity index (χ2n) is 3.96. The molecular weight excluding hydrogens is 266 g/mol. The topological polar surface area (TPSA) is 89.9 Å². The molecule has 6 nitrogen and oxygen atoms in total. The smallest absolute Gasteiger partial charge is 0.252 e. The molecule has 2 aromatic heterocycles. The molecule has 0 fully saturated rings. The van der Waals surface area contributed by atoms with Crippen LogP contribution >= 0.6 is 11.6 Å². The molecule has 0 unspecified atom stereocenters. The minimum Gasteiger partial charge on any atom is -0.417 e. The molecule has 2 heterocycles. The Balaban J connectivity index is 2.19. The third-order valence-electron chi connectivity index (χ3n) is 2.63. The normalized spacial score (nSPS) is 10.9. The van der Waals surface area contributed by atoms with Gasteiger partial charge in [-0.25, -0.2) is 15.8 Å². The Kier molecular flexibility index (Phi) is 2.81. The molecular formula is C12H10ClN5O. The van der Waals surface area contributed by atoms with E-state index in [0.29, 0.717) is 33.8 Å².